The van der Waals surface area contributed by atoms with E-state index in [0.29, 0.717) is 22.6 Å². The second-order valence-corrected chi connectivity index (χ2v) is 4.35. The van der Waals surface area contributed by atoms with Gasteiger partial charge in [-0.25, -0.2) is 0 Å². The highest BCUT2D eigenvalue weighted by Gasteiger charge is 2.16. The minimum Gasteiger partial charge on any atom is -0.395 e. The number of carbonyl (C=O) groups excluding carboxylic acids is 1. The van der Waals surface area contributed by atoms with Crippen LogP contribution in [0.25, 0.3) is 0 Å². The first-order valence-electron chi connectivity index (χ1n) is 6.06. The van der Waals surface area contributed by atoms with Gasteiger partial charge in [0, 0.05) is 17.5 Å². The zero-order valence-electron chi connectivity index (χ0n) is 11.1. The van der Waals surface area contributed by atoms with Crippen LogP contribution in [-0.2, 0) is 0 Å². The number of nitriles is 2. The molecule has 0 aliphatic rings. The van der Waals surface area contributed by atoms with Crippen LogP contribution in [0.2, 0.25) is 5.02 Å². The van der Waals surface area contributed by atoms with Crippen LogP contribution in [0.3, 0.4) is 0 Å². The molecule has 1 aromatic carbocycles. The van der Waals surface area contributed by atoms with Crippen LogP contribution in [-0.4, -0.2) is 35.6 Å². The van der Waals surface area contributed by atoms with Crippen molar-refractivity contribution in [3.63, 3.8) is 0 Å². The Balaban J connectivity index is 2.98. The highest BCUT2D eigenvalue weighted by Crippen LogP contribution is 2.18. The lowest BCUT2D eigenvalue weighted by Gasteiger charge is -2.15. The molecule has 0 aliphatic carbocycles. The Morgan fingerprint density at radius 1 is 1.29 bits per heavy atom. The van der Waals surface area contributed by atoms with E-state index in [9.17, 15) is 4.79 Å². The van der Waals surface area contributed by atoms with Gasteiger partial charge in [0.25, 0.3) is 5.91 Å². The number of nitrogens with zero attached hydrogens (tertiary/aromatic N) is 3. The number of hydrogen-bond acceptors (Lipinski definition) is 4. The normalized spacial score (nSPS) is 8.95. The molecule has 0 spiro atoms. The Morgan fingerprint density at radius 3 is 2.48 bits per heavy atom. The molecule has 1 rings (SSSR count). The zero-order valence-corrected chi connectivity index (χ0v) is 11.9. The van der Waals surface area contributed by atoms with Gasteiger partial charge in [-0.3, -0.25) is 4.79 Å². The standard InChI is InChI=1S/C15H12ClN3O2/c16-14-11-13(5-4-12(14)3-1-2-10-20)15(21)19(8-6-17)9-7-18/h4-5,11,20H,2,8-10H2. The summed E-state index contributed by atoms with van der Waals surface area (Å²) in [6.45, 7) is -0.359. The molecule has 6 heteroatoms. The first-order valence-corrected chi connectivity index (χ1v) is 6.44. The lowest BCUT2D eigenvalue weighted by atomic mass is 10.1. The molecule has 106 valence electrons. The molecule has 0 unspecified atom stereocenters. The SMILES string of the molecule is N#CCN(CC#N)C(=O)c1ccc(C#CCCO)c(Cl)c1. The number of aliphatic hydroxyl groups excluding tert-OH is 1. The monoisotopic (exact) mass is 301 g/mol. The van der Waals surface area contributed by atoms with Gasteiger partial charge in [0.05, 0.1) is 23.8 Å². The molecule has 0 saturated heterocycles. The third-order valence-corrected chi connectivity index (χ3v) is 2.80. The quantitative estimate of drug-likeness (QED) is 0.675. The molecule has 0 aromatic heterocycles. The predicted octanol–water partition coefficient (Wildman–Crippen LogP) is 1.56. The Hall–Kier alpha value is -2.52. The minimum atomic E-state index is -0.435. The molecule has 1 N–H and O–H groups in total. The highest BCUT2D eigenvalue weighted by atomic mass is 35.5. The van der Waals surface area contributed by atoms with Gasteiger partial charge in [-0.2, -0.15) is 10.5 Å². The number of rotatable bonds is 4. The van der Waals surface area contributed by atoms with Gasteiger partial charge < -0.3 is 10.0 Å². The van der Waals surface area contributed by atoms with E-state index in [4.69, 9.17) is 27.2 Å². The molecule has 0 radical (unpaired) electrons. The van der Waals surface area contributed by atoms with Crippen LogP contribution in [0.4, 0.5) is 0 Å². The zero-order chi connectivity index (χ0) is 15.7. The maximum atomic E-state index is 12.1. The van der Waals surface area contributed by atoms with Gasteiger partial charge in [0.15, 0.2) is 0 Å². The van der Waals surface area contributed by atoms with E-state index in [-0.39, 0.29) is 19.7 Å². The van der Waals surface area contributed by atoms with Gasteiger partial charge in [-0.05, 0) is 18.2 Å². The average Bonchev–Trinajstić information content (AvgIpc) is 2.48. The lowest BCUT2D eigenvalue weighted by Crippen LogP contribution is -2.31. The maximum absolute atomic E-state index is 12.1. The first kappa shape index (κ1) is 16.5. The number of amides is 1. The van der Waals surface area contributed by atoms with Crippen molar-refractivity contribution in [2.24, 2.45) is 0 Å². The van der Waals surface area contributed by atoms with Gasteiger partial charge in [0.1, 0.15) is 13.1 Å². The van der Waals surface area contributed by atoms with Crippen molar-refractivity contribution in [2.75, 3.05) is 19.7 Å². The summed E-state index contributed by atoms with van der Waals surface area (Å²) in [5.41, 5.74) is 0.840. The highest BCUT2D eigenvalue weighted by molar-refractivity contribution is 6.32. The molecule has 21 heavy (non-hydrogen) atoms. The smallest absolute Gasteiger partial charge is 0.255 e. The summed E-state index contributed by atoms with van der Waals surface area (Å²) in [6, 6.07) is 8.26. The van der Waals surface area contributed by atoms with Gasteiger partial charge in [-0.1, -0.05) is 23.4 Å². The van der Waals surface area contributed by atoms with Crippen LogP contribution >= 0.6 is 11.6 Å². The summed E-state index contributed by atoms with van der Waals surface area (Å²) in [4.78, 5) is 13.3. The third-order valence-electron chi connectivity index (χ3n) is 2.49. The van der Waals surface area contributed by atoms with Crippen molar-refractivity contribution in [3.8, 4) is 24.0 Å². The fraction of sp³-hybridized carbons (Fsp3) is 0.267. The average molecular weight is 302 g/mol. The molecular weight excluding hydrogens is 290 g/mol. The van der Waals surface area contributed by atoms with Crippen molar-refractivity contribution >= 4 is 17.5 Å². The van der Waals surface area contributed by atoms with Crippen LogP contribution in [0.5, 0.6) is 0 Å². The van der Waals surface area contributed by atoms with Gasteiger partial charge in [-0.15, -0.1) is 0 Å². The number of aliphatic hydroxyl groups is 1. The molecule has 0 atom stereocenters. The number of hydrogen-bond donors (Lipinski definition) is 1. The third kappa shape index (κ3) is 4.82. The molecule has 0 bridgehead atoms. The molecule has 1 amide bonds. The molecule has 0 saturated carbocycles. The summed E-state index contributed by atoms with van der Waals surface area (Å²) < 4.78 is 0. The number of halogens is 1. The summed E-state index contributed by atoms with van der Waals surface area (Å²) in [6.07, 6.45) is 0.342. The fourth-order valence-electron chi connectivity index (χ4n) is 1.52. The topological polar surface area (TPSA) is 88.1 Å². The first-order chi connectivity index (χ1) is 10.1. The Morgan fingerprint density at radius 2 is 1.95 bits per heavy atom. The van der Waals surface area contributed by atoms with Crippen molar-refractivity contribution in [3.05, 3.63) is 34.3 Å². The summed E-state index contributed by atoms with van der Waals surface area (Å²) in [7, 11) is 0. The van der Waals surface area contributed by atoms with Crippen molar-refractivity contribution in [1.29, 1.82) is 10.5 Å². The number of carbonyl (C=O) groups is 1. The van der Waals surface area contributed by atoms with Crippen molar-refractivity contribution in [1.82, 2.24) is 4.90 Å². The summed E-state index contributed by atoms with van der Waals surface area (Å²) in [5, 5.41) is 26.3. The van der Waals surface area contributed by atoms with E-state index in [0.717, 1.165) is 4.90 Å². The molecule has 5 nitrogen and oxygen atoms in total. The van der Waals surface area contributed by atoms with E-state index < -0.39 is 5.91 Å². The van der Waals surface area contributed by atoms with Crippen LogP contribution in [0, 0.1) is 34.5 Å². The van der Waals surface area contributed by atoms with Gasteiger partial charge in [0.2, 0.25) is 0 Å². The number of benzene rings is 1. The van der Waals surface area contributed by atoms with Crippen LogP contribution in [0.15, 0.2) is 18.2 Å². The lowest BCUT2D eigenvalue weighted by molar-refractivity contribution is 0.0794. The molecule has 0 heterocycles. The van der Waals surface area contributed by atoms with Crippen LogP contribution in [0.1, 0.15) is 22.3 Å². The second kappa shape index (κ2) is 8.61. The van der Waals surface area contributed by atoms with E-state index in [1.807, 2.05) is 12.1 Å². The molecular formula is C15H12ClN3O2. The van der Waals surface area contributed by atoms with E-state index in [1.165, 1.54) is 6.07 Å². The van der Waals surface area contributed by atoms with Crippen molar-refractivity contribution in [2.45, 2.75) is 6.42 Å². The van der Waals surface area contributed by atoms with E-state index in [1.54, 1.807) is 12.1 Å². The van der Waals surface area contributed by atoms with Crippen molar-refractivity contribution < 1.29 is 9.90 Å². The Labute approximate surface area is 128 Å². The second-order valence-electron chi connectivity index (χ2n) is 3.95. The Bertz CT molecular complexity index is 646. The largest absolute Gasteiger partial charge is 0.395 e. The summed E-state index contributed by atoms with van der Waals surface area (Å²) >= 11 is 6.05. The molecule has 1 aromatic rings. The maximum Gasteiger partial charge on any atom is 0.255 e. The predicted molar refractivity (Wildman–Crippen MR) is 77.2 cm³/mol. The summed E-state index contributed by atoms with van der Waals surface area (Å²) in [5.74, 6) is 5.09. The van der Waals surface area contributed by atoms with E-state index >= 15 is 0 Å². The molecule has 0 fully saturated rings. The Kier molecular flexibility index (Phi) is 6.78. The van der Waals surface area contributed by atoms with Crippen LogP contribution < -0.4 is 0 Å². The van der Waals surface area contributed by atoms with Gasteiger partial charge >= 0.3 is 0 Å². The van der Waals surface area contributed by atoms with E-state index in [2.05, 4.69) is 11.8 Å². The minimum absolute atomic E-state index is 0.0293. The fourth-order valence-corrected chi connectivity index (χ4v) is 1.74. The molecule has 0 aliphatic heterocycles.